The molecule has 96 valence electrons. The molecular weight excluding hydrogens is 219 g/mol. The quantitative estimate of drug-likeness (QED) is 0.625. The summed E-state index contributed by atoms with van der Waals surface area (Å²) in [5, 5.41) is 3.40. The Hall–Kier alpha value is -0.290. The molecule has 1 saturated carbocycles. The molecule has 16 heavy (non-hydrogen) atoms. The fourth-order valence-electron chi connectivity index (χ4n) is 1.46. The first-order valence-electron chi connectivity index (χ1n) is 5.96. The Morgan fingerprint density at radius 2 is 1.75 bits per heavy atom. The molecule has 0 aromatic carbocycles. The topological polar surface area (TPSA) is 21.3 Å². The number of nitrogens with one attached hydrogen (secondary N) is 1. The summed E-state index contributed by atoms with van der Waals surface area (Å²) in [5.41, 5.74) is 0. The van der Waals surface area contributed by atoms with E-state index in [9.17, 15) is 13.2 Å². The van der Waals surface area contributed by atoms with Gasteiger partial charge < -0.3 is 10.1 Å². The lowest BCUT2D eigenvalue weighted by Gasteiger charge is -2.07. The molecule has 5 heteroatoms. The van der Waals surface area contributed by atoms with Crippen LogP contribution in [0.25, 0.3) is 0 Å². The maximum Gasteiger partial charge on any atom is 0.411 e. The lowest BCUT2D eigenvalue weighted by Crippen LogP contribution is -2.18. The van der Waals surface area contributed by atoms with Crippen LogP contribution < -0.4 is 5.32 Å². The minimum atomic E-state index is -4.19. The smallest absolute Gasteiger partial charge is 0.372 e. The molecule has 0 saturated heterocycles. The number of hydrogen-bond acceptors (Lipinski definition) is 2. The predicted molar refractivity (Wildman–Crippen MR) is 56.4 cm³/mol. The van der Waals surface area contributed by atoms with E-state index in [-0.39, 0.29) is 6.61 Å². The van der Waals surface area contributed by atoms with E-state index in [2.05, 4.69) is 10.1 Å². The molecule has 0 heterocycles. The zero-order chi connectivity index (χ0) is 11.9. The van der Waals surface area contributed by atoms with Crippen molar-refractivity contribution in [2.45, 2.75) is 50.7 Å². The molecule has 1 rings (SSSR count). The van der Waals surface area contributed by atoms with Gasteiger partial charge in [0.2, 0.25) is 0 Å². The van der Waals surface area contributed by atoms with Crippen LogP contribution in [0.5, 0.6) is 0 Å². The molecule has 0 bridgehead atoms. The Bertz CT molecular complexity index is 181. The molecule has 0 aromatic heterocycles. The Morgan fingerprint density at radius 1 is 1.06 bits per heavy atom. The van der Waals surface area contributed by atoms with Gasteiger partial charge >= 0.3 is 6.18 Å². The molecular formula is C11H20F3NO. The highest BCUT2D eigenvalue weighted by Crippen LogP contribution is 2.18. The van der Waals surface area contributed by atoms with E-state index in [0.29, 0.717) is 0 Å². The fraction of sp³-hybridized carbons (Fsp3) is 1.00. The van der Waals surface area contributed by atoms with Gasteiger partial charge in [0, 0.05) is 12.6 Å². The lowest BCUT2D eigenvalue weighted by molar-refractivity contribution is -0.174. The Balaban J connectivity index is 1.70. The predicted octanol–water partition coefficient (Wildman–Crippen LogP) is 2.88. The van der Waals surface area contributed by atoms with Crippen LogP contribution in [0.3, 0.4) is 0 Å². The van der Waals surface area contributed by atoms with E-state index >= 15 is 0 Å². The SMILES string of the molecule is FC(F)(F)COCCCCCCNC1CC1. The first-order chi connectivity index (χ1) is 7.58. The zero-order valence-corrected chi connectivity index (χ0v) is 9.48. The van der Waals surface area contributed by atoms with E-state index in [1.165, 1.54) is 12.8 Å². The highest BCUT2D eigenvalue weighted by molar-refractivity contribution is 4.80. The second-order valence-corrected chi connectivity index (χ2v) is 4.31. The number of unbranched alkanes of at least 4 members (excludes halogenated alkanes) is 3. The van der Waals surface area contributed by atoms with Crippen molar-refractivity contribution in [2.75, 3.05) is 19.8 Å². The molecule has 1 aliphatic carbocycles. The van der Waals surface area contributed by atoms with E-state index in [1.807, 2.05) is 0 Å². The lowest BCUT2D eigenvalue weighted by atomic mass is 10.2. The number of rotatable bonds is 9. The van der Waals surface area contributed by atoms with Gasteiger partial charge in [-0.25, -0.2) is 0 Å². The van der Waals surface area contributed by atoms with Crippen molar-refractivity contribution in [2.24, 2.45) is 0 Å². The first-order valence-corrected chi connectivity index (χ1v) is 5.96. The van der Waals surface area contributed by atoms with Crippen molar-refractivity contribution >= 4 is 0 Å². The van der Waals surface area contributed by atoms with Gasteiger partial charge in [-0.05, 0) is 32.2 Å². The van der Waals surface area contributed by atoms with E-state index in [1.54, 1.807) is 0 Å². The second-order valence-electron chi connectivity index (χ2n) is 4.31. The maximum absolute atomic E-state index is 11.7. The molecule has 0 radical (unpaired) electrons. The highest BCUT2D eigenvalue weighted by atomic mass is 19.4. The Kier molecular flexibility index (Phi) is 6.13. The van der Waals surface area contributed by atoms with Crippen LogP contribution in [0.4, 0.5) is 13.2 Å². The average Bonchev–Trinajstić information content (AvgIpc) is 2.97. The summed E-state index contributed by atoms with van der Waals surface area (Å²) in [4.78, 5) is 0. The van der Waals surface area contributed by atoms with Crippen molar-refractivity contribution in [3.63, 3.8) is 0 Å². The van der Waals surface area contributed by atoms with Crippen molar-refractivity contribution in [1.82, 2.24) is 5.32 Å². The van der Waals surface area contributed by atoms with Crippen molar-refractivity contribution in [3.8, 4) is 0 Å². The molecule has 0 aliphatic heterocycles. The first kappa shape index (κ1) is 13.8. The number of alkyl halides is 3. The van der Waals surface area contributed by atoms with E-state index in [0.717, 1.165) is 38.3 Å². The molecule has 2 nitrogen and oxygen atoms in total. The van der Waals surface area contributed by atoms with Gasteiger partial charge in [0.05, 0.1) is 0 Å². The van der Waals surface area contributed by atoms with Gasteiger partial charge in [-0.3, -0.25) is 0 Å². The molecule has 0 atom stereocenters. The van der Waals surface area contributed by atoms with Crippen LogP contribution in [-0.4, -0.2) is 32.0 Å². The Morgan fingerprint density at radius 3 is 2.38 bits per heavy atom. The summed E-state index contributed by atoms with van der Waals surface area (Å²) < 4.78 is 39.6. The van der Waals surface area contributed by atoms with Gasteiger partial charge in [-0.1, -0.05) is 12.8 Å². The summed E-state index contributed by atoms with van der Waals surface area (Å²) in [6.45, 7) is 0.139. The minimum Gasteiger partial charge on any atom is -0.372 e. The average molecular weight is 239 g/mol. The van der Waals surface area contributed by atoms with Gasteiger partial charge in [-0.15, -0.1) is 0 Å². The van der Waals surface area contributed by atoms with Crippen LogP contribution in [0.1, 0.15) is 38.5 Å². The van der Waals surface area contributed by atoms with Gasteiger partial charge in [0.1, 0.15) is 6.61 Å². The van der Waals surface area contributed by atoms with Crippen LogP contribution in [0.15, 0.2) is 0 Å². The normalized spacial score (nSPS) is 16.7. The standard InChI is InChI=1S/C11H20F3NO/c12-11(13,14)9-16-8-4-2-1-3-7-15-10-5-6-10/h10,15H,1-9H2. The monoisotopic (exact) mass is 239 g/mol. The van der Waals surface area contributed by atoms with Crippen molar-refractivity contribution in [3.05, 3.63) is 0 Å². The van der Waals surface area contributed by atoms with Crippen molar-refractivity contribution in [1.29, 1.82) is 0 Å². The third-order valence-electron chi connectivity index (χ3n) is 2.49. The molecule has 0 unspecified atom stereocenters. The molecule has 1 N–H and O–H groups in total. The zero-order valence-electron chi connectivity index (χ0n) is 9.48. The Labute approximate surface area is 94.5 Å². The minimum absolute atomic E-state index is 0.218. The third kappa shape index (κ3) is 8.97. The molecule has 0 amide bonds. The maximum atomic E-state index is 11.7. The summed E-state index contributed by atoms with van der Waals surface area (Å²) in [6.07, 6.45) is 2.25. The van der Waals surface area contributed by atoms with Gasteiger partial charge in [0.15, 0.2) is 0 Å². The summed E-state index contributed by atoms with van der Waals surface area (Å²) in [6, 6.07) is 0.745. The second kappa shape index (κ2) is 7.12. The largest absolute Gasteiger partial charge is 0.411 e. The number of ether oxygens (including phenoxy) is 1. The number of halogens is 3. The van der Waals surface area contributed by atoms with E-state index in [4.69, 9.17) is 0 Å². The summed E-state index contributed by atoms with van der Waals surface area (Å²) in [7, 11) is 0. The van der Waals surface area contributed by atoms with Crippen LogP contribution in [0.2, 0.25) is 0 Å². The van der Waals surface area contributed by atoms with Crippen LogP contribution in [-0.2, 0) is 4.74 Å². The van der Waals surface area contributed by atoms with Crippen LogP contribution in [0, 0.1) is 0 Å². The van der Waals surface area contributed by atoms with Crippen molar-refractivity contribution < 1.29 is 17.9 Å². The fourth-order valence-corrected chi connectivity index (χ4v) is 1.46. The van der Waals surface area contributed by atoms with Gasteiger partial charge in [0.25, 0.3) is 0 Å². The summed E-state index contributed by atoms with van der Waals surface area (Å²) >= 11 is 0. The molecule has 1 aliphatic rings. The van der Waals surface area contributed by atoms with Gasteiger partial charge in [-0.2, -0.15) is 13.2 Å². The van der Waals surface area contributed by atoms with Crippen LogP contribution >= 0.6 is 0 Å². The summed E-state index contributed by atoms with van der Waals surface area (Å²) in [5.74, 6) is 0. The number of hydrogen-bond donors (Lipinski definition) is 1. The van der Waals surface area contributed by atoms with E-state index < -0.39 is 12.8 Å². The highest BCUT2D eigenvalue weighted by Gasteiger charge is 2.27. The third-order valence-corrected chi connectivity index (χ3v) is 2.49. The molecule has 1 fully saturated rings. The molecule has 0 spiro atoms. The molecule has 0 aromatic rings.